The molecule has 0 aromatic rings. The van der Waals surface area contributed by atoms with Crippen LogP contribution < -0.4 is 5.32 Å². The fourth-order valence-corrected chi connectivity index (χ4v) is 4.09. The molecule has 0 aromatic heterocycles. The minimum atomic E-state index is -3.09. The van der Waals surface area contributed by atoms with E-state index >= 15 is 0 Å². The number of sulfonamides is 1. The van der Waals surface area contributed by atoms with E-state index in [1.165, 1.54) is 0 Å². The average molecular weight is 248 g/mol. The van der Waals surface area contributed by atoms with E-state index in [9.17, 15) is 8.42 Å². The highest BCUT2D eigenvalue weighted by Crippen LogP contribution is 2.20. The Morgan fingerprint density at radius 2 is 1.94 bits per heavy atom. The fraction of sp³-hybridized carbons (Fsp3) is 1.00. The van der Waals surface area contributed by atoms with E-state index in [4.69, 9.17) is 0 Å². The molecule has 0 aromatic carbocycles. The summed E-state index contributed by atoms with van der Waals surface area (Å²) in [5, 5.41) is 3.01. The Kier molecular flexibility index (Phi) is 5.21. The molecule has 16 heavy (non-hydrogen) atoms. The van der Waals surface area contributed by atoms with Crippen LogP contribution in [0.2, 0.25) is 0 Å². The molecule has 0 saturated carbocycles. The van der Waals surface area contributed by atoms with Crippen molar-refractivity contribution in [3.05, 3.63) is 0 Å². The Bertz CT molecular complexity index is 297. The second-order valence-electron chi connectivity index (χ2n) is 4.65. The Hall–Kier alpha value is -0.130. The molecule has 1 saturated heterocycles. The predicted molar refractivity (Wildman–Crippen MR) is 66.9 cm³/mol. The zero-order valence-electron chi connectivity index (χ0n) is 10.6. The summed E-state index contributed by atoms with van der Waals surface area (Å²) in [6, 6.07) is 0.116. The fourth-order valence-electron chi connectivity index (χ4n) is 2.18. The lowest BCUT2D eigenvalue weighted by Crippen LogP contribution is -2.45. The zero-order chi connectivity index (χ0) is 12.2. The monoisotopic (exact) mass is 248 g/mol. The average Bonchev–Trinajstić information content (AvgIpc) is 2.29. The molecular formula is C11H24N2O2S. The quantitative estimate of drug-likeness (QED) is 0.795. The number of rotatable bonds is 5. The summed E-state index contributed by atoms with van der Waals surface area (Å²) >= 11 is 0. The Morgan fingerprint density at radius 1 is 1.38 bits per heavy atom. The maximum atomic E-state index is 12.3. The third-order valence-electron chi connectivity index (χ3n) is 3.44. The molecule has 1 fully saturated rings. The van der Waals surface area contributed by atoms with Crippen LogP contribution in [-0.4, -0.2) is 44.2 Å². The lowest BCUT2D eigenvalue weighted by Gasteiger charge is -2.31. The zero-order valence-corrected chi connectivity index (χ0v) is 11.4. The molecule has 0 spiro atoms. The number of hydrogen-bond donors (Lipinski definition) is 1. The molecule has 96 valence electrons. The van der Waals surface area contributed by atoms with Crippen molar-refractivity contribution in [1.82, 2.24) is 9.62 Å². The molecule has 1 unspecified atom stereocenters. The lowest BCUT2D eigenvalue weighted by atomic mass is 10.2. The van der Waals surface area contributed by atoms with Crippen LogP contribution in [0.15, 0.2) is 0 Å². The van der Waals surface area contributed by atoms with Crippen LogP contribution in [0.1, 0.15) is 39.5 Å². The van der Waals surface area contributed by atoms with E-state index in [0.29, 0.717) is 0 Å². The van der Waals surface area contributed by atoms with Gasteiger partial charge in [-0.3, -0.25) is 0 Å². The molecule has 0 bridgehead atoms. The van der Waals surface area contributed by atoms with Crippen molar-refractivity contribution >= 4 is 10.0 Å². The Balaban J connectivity index is 2.67. The summed E-state index contributed by atoms with van der Waals surface area (Å²) in [6.07, 6.45) is 3.44. The standard InChI is InChI=1S/C11H24N2O2S/c1-4-5-10(2)13(3)16(14,15)11-6-8-12-9-7-11/h10-12H,4-9H2,1-3H3. The van der Waals surface area contributed by atoms with Gasteiger partial charge in [0, 0.05) is 13.1 Å². The van der Waals surface area contributed by atoms with Crippen LogP contribution in [0, 0.1) is 0 Å². The molecule has 1 aliphatic heterocycles. The first-order valence-electron chi connectivity index (χ1n) is 6.17. The highest BCUT2D eigenvalue weighted by atomic mass is 32.2. The third-order valence-corrected chi connectivity index (χ3v) is 5.91. The second kappa shape index (κ2) is 5.98. The highest BCUT2D eigenvalue weighted by Gasteiger charge is 2.32. The van der Waals surface area contributed by atoms with Crippen molar-refractivity contribution in [1.29, 1.82) is 0 Å². The van der Waals surface area contributed by atoms with Gasteiger partial charge < -0.3 is 5.32 Å². The number of nitrogens with one attached hydrogen (secondary N) is 1. The topological polar surface area (TPSA) is 49.4 Å². The van der Waals surface area contributed by atoms with E-state index in [-0.39, 0.29) is 11.3 Å². The van der Waals surface area contributed by atoms with Gasteiger partial charge in [-0.2, -0.15) is 0 Å². The van der Waals surface area contributed by atoms with Gasteiger partial charge in [0.1, 0.15) is 0 Å². The molecule has 0 aliphatic carbocycles. The van der Waals surface area contributed by atoms with E-state index in [2.05, 4.69) is 12.2 Å². The van der Waals surface area contributed by atoms with Crippen LogP contribution in [0.25, 0.3) is 0 Å². The molecule has 1 aliphatic rings. The van der Waals surface area contributed by atoms with Crippen molar-refractivity contribution in [2.45, 2.75) is 50.8 Å². The SMILES string of the molecule is CCCC(C)N(C)S(=O)(=O)C1CCNCC1. The molecule has 1 atom stereocenters. The maximum Gasteiger partial charge on any atom is 0.217 e. The van der Waals surface area contributed by atoms with Gasteiger partial charge in [-0.1, -0.05) is 13.3 Å². The van der Waals surface area contributed by atoms with E-state index < -0.39 is 10.0 Å². The summed E-state index contributed by atoms with van der Waals surface area (Å²) in [5.41, 5.74) is 0. The summed E-state index contributed by atoms with van der Waals surface area (Å²) in [5.74, 6) is 0. The summed E-state index contributed by atoms with van der Waals surface area (Å²) < 4.78 is 26.2. The summed E-state index contributed by atoms with van der Waals surface area (Å²) in [4.78, 5) is 0. The first kappa shape index (κ1) is 13.9. The van der Waals surface area contributed by atoms with Crippen LogP contribution in [-0.2, 0) is 10.0 Å². The predicted octanol–water partition coefficient (Wildman–Crippen LogP) is 1.19. The first-order valence-corrected chi connectivity index (χ1v) is 7.68. The van der Waals surface area contributed by atoms with Gasteiger partial charge in [-0.15, -0.1) is 0 Å². The summed E-state index contributed by atoms with van der Waals surface area (Å²) in [7, 11) is -1.37. The number of nitrogens with zero attached hydrogens (tertiary/aromatic N) is 1. The maximum absolute atomic E-state index is 12.3. The molecule has 1 rings (SSSR count). The van der Waals surface area contributed by atoms with E-state index in [1.807, 2.05) is 6.92 Å². The van der Waals surface area contributed by atoms with Crippen LogP contribution in [0.4, 0.5) is 0 Å². The smallest absolute Gasteiger partial charge is 0.217 e. The Labute approximate surface area is 99.5 Å². The van der Waals surface area contributed by atoms with Gasteiger partial charge in [-0.25, -0.2) is 12.7 Å². The van der Waals surface area contributed by atoms with Gasteiger partial charge >= 0.3 is 0 Å². The molecule has 1 N–H and O–H groups in total. The lowest BCUT2D eigenvalue weighted by molar-refractivity contribution is 0.355. The molecule has 1 heterocycles. The van der Waals surface area contributed by atoms with E-state index in [1.54, 1.807) is 11.4 Å². The molecule has 5 heteroatoms. The molecule has 0 amide bonds. The van der Waals surface area contributed by atoms with Crippen molar-refractivity contribution in [2.24, 2.45) is 0 Å². The summed E-state index contributed by atoms with van der Waals surface area (Å²) in [6.45, 7) is 5.71. The number of hydrogen-bond acceptors (Lipinski definition) is 3. The largest absolute Gasteiger partial charge is 0.317 e. The van der Waals surface area contributed by atoms with Crippen molar-refractivity contribution in [3.63, 3.8) is 0 Å². The van der Waals surface area contributed by atoms with Crippen LogP contribution in [0.3, 0.4) is 0 Å². The third kappa shape index (κ3) is 3.18. The Morgan fingerprint density at radius 3 is 2.44 bits per heavy atom. The van der Waals surface area contributed by atoms with E-state index in [0.717, 1.165) is 38.8 Å². The molecule has 4 nitrogen and oxygen atoms in total. The van der Waals surface area contributed by atoms with Gasteiger partial charge in [0.2, 0.25) is 10.0 Å². The van der Waals surface area contributed by atoms with Crippen LogP contribution >= 0.6 is 0 Å². The van der Waals surface area contributed by atoms with Gasteiger partial charge in [0.15, 0.2) is 0 Å². The minimum absolute atomic E-state index is 0.116. The second-order valence-corrected chi connectivity index (χ2v) is 6.92. The first-order chi connectivity index (χ1) is 7.50. The molecular weight excluding hydrogens is 224 g/mol. The number of piperidine rings is 1. The van der Waals surface area contributed by atoms with Gasteiger partial charge in [-0.05, 0) is 39.3 Å². The van der Waals surface area contributed by atoms with Crippen molar-refractivity contribution in [2.75, 3.05) is 20.1 Å². The van der Waals surface area contributed by atoms with Crippen LogP contribution in [0.5, 0.6) is 0 Å². The van der Waals surface area contributed by atoms with Gasteiger partial charge in [0.05, 0.1) is 5.25 Å². The van der Waals surface area contributed by atoms with Crippen molar-refractivity contribution < 1.29 is 8.42 Å². The normalized spacial score (nSPS) is 21.2. The minimum Gasteiger partial charge on any atom is -0.317 e. The highest BCUT2D eigenvalue weighted by molar-refractivity contribution is 7.89. The molecule has 0 radical (unpaired) electrons. The van der Waals surface area contributed by atoms with Crippen molar-refractivity contribution in [3.8, 4) is 0 Å². The van der Waals surface area contributed by atoms with Gasteiger partial charge in [0.25, 0.3) is 0 Å².